The second-order valence-corrected chi connectivity index (χ2v) is 5.86. The Labute approximate surface area is 154 Å². The predicted octanol–water partition coefficient (Wildman–Crippen LogP) is 1.45. The number of rotatable bonds is 6. The normalized spacial score (nSPS) is 11.6. The molecule has 27 heavy (non-hydrogen) atoms. The summed E-state index contributed by atoms with van der Waals surface area (Å²) in [6.07, 6.45) is 1.64. The average molecular weight is 368 g/mol. The average Bonchev–Trinajstić information content (AvgIpc) is 3.04. The van der Waals surface area contributed by atoms with Crippen molar-refractivity contribution < 1.29 is 4.74 Å². The number of ether oxygens (including phenoxy) is 1. The third kappa shape index (κ3) is 3.39. The van der Waals surface area contributed by atoms with E-state index in [9.17, 15) is 9.59 Å². The Morgan fingerprint density at radius 3 is 2.70 bits per heavy atom. The summed E-state index contributed by atoms with van der Waals surface area (Å²) in [5.74, 6) is 1.09. The maximum Gasteiger partial charge on any atom is 0.329 e. The Hall–Kier alpha value is -3.62. The fourth-order valence-corrected chi connectivity index (χ4v) is 2.66. The molecule has 1 aromatic carbocycles. The quantitative estimate of drug-likeness (QED) is 0.389. The van der Waals surface area contributed by atoms with Crippen molar-refractivity contribution in [3.63, 3.8) is 0 Å². The standard InChI is InChI=1S/C18H20N6O3/c1-5-10-24-14-15(23(3)18(26)20-16(14)25)19-17(24)22-21-11(2)12-6-8-13(27-4)9-7-12/h5-9H,1,10H2,2-4H3,(H,19,22)(H,20,25,26). The van der Waals surface area contributed by atoms with Crippen molar-refractivity contribution >= 4 is 22.8 Å². The van der Waals surface area contributed by atoms with Gasteiger partial charge in [0, 0.05) is 13.6 Å². The summed E-state index contributed by atoms with van der Waals surface area (Å²) in [5.41, 5.74) is 4.01. The number of imidazole rings is 1. The number of fused-ring (bicyclic) bond motifs is 1. The van der Waals surface area contributed by atoms with Gasteiger partial charge in [-0.25, -0.2) is 10.2 Å². The van der Waals surface area contributed by atoms with Crippen LogP contribution in [0.15, 0.2) is 51.6 Å². The number of hydrazone groups is 1. The molecule has 2 N–H and O–H groups in total. The summed E-state index contributed by atoms with van der Waals surface area (Å²) in [5, 5.41) is 4.35. The molecule has 9 nitrogen and oxygen atoms in total. The highest BCUT2D eigenvalue weighted by Crippen LogP contribution is 2.16. The van der Waals surface area contributed by atoms with Gasteiger partial charge in [-0.05, 0) is 36.8 Å². The van der Waals surface area contributed by atoms with E-state index in [2.05, 4.69) is 27.1 Å². The summed E-state index contributed by atoms with van der Waals surface area (Å²) in [7, 11) is 3.15. The van der Waals surface area contributed by atoms with Gasteiger partial charge < -0.3 is 4.74 Å². The van der Waals surface area contributed by atoms with Gasteiger partial charge in [-0.1, -0.05) is 6.08 Å². The Morgan fingerprint density at radius 1 is 1.37 bits per heavy atom. The molecule has 0 atom stereocenters. The van der Waals surface area contributed by atoms with E-state index in [1.165, 1.54) is 4.57 Å². The van der Waals surface area contributed by atoms with Gasteiger partial charge in [0.25, 0.3) is 5.56 Å². The molecule has 0 aliphatic carbocycles. The molecule has 0 amide bonds. The summed E-state index contributed by atoms with van der Waals surface area (Å²) >= 11 is 0. The van der Waals surface area contributed by atoms with Gasteiger partial charge in [-0.15, -0.1) is 6.58 Å². The van der Waals surface area contributed by atoms with Crippen molar-refractivity contribution in [3.05, 3.63) is 63.3 Å². The molecule has 2 aromatic heterocycles. The lowest BCUT2D eigenvalue weighted by Gasteiger charge is -2.06. The van der Waals surface area contributed by atoms with Crippen LogP contribution >= 0.6 is 0 Å². The lowest BCUT2D eigenvalue weighted by molar-refractivity contribution is 0.415. The Bertz CT molecular complexity index is 1130. The van der Waals surface area contributed by atoms with E-state index in [0.29, 0.717) is 12.5 Å². The zero-order valence-electron chi connectivity index (χ0n) is 15.3. The molecule has 140 valence electrons. The summed E-state index contributed by atoms with van der Waals surface area (Å²) < 4.78 is 8.04. The van der Waals surface area contributed by atoms with Crippen LogP contribution in [0.3, 0.4) is 0 Å². The van der Waals surface area contributed by atoms with E-state index in [4.69, 9.17) is 4.74 Å². The van der Waals surface area contributed by atoms with Gasteiger partial charge in [0.05, 0.1) is 12.8 Å². The number of aromatic nitrogens is 4. The third-order valence-corrected chi connectivity index (χ3v) is 4.15. The van der Waals surface area contributed by atoms with Crippen molar-refractivity contribution in [1.82, 2.24) is 19.1 Å². The second-order valence-electron chi connectivity index (χ2n) is 5.86. The van der Waals surface area contributed by atoms with Crippen LogP contribution in [0.25, 0.3) is 11.2 Å². The lowest BCUT2D eigenvalue weighted by Crippen LogP contribution is -2.29. The first-order valence-electron chi connectivity index (χ1n) is 8.21. The molecule has 0 saturated carbocycles. The van der Waals surface area contributed by atoms with Crippen LogP contribution in [0.2, 0.25) is 0 Å². The van der Waals surface area contributed by atoms with Gasteiger partial charge >= 0.3 is 5.69 Å². The van der Waals surface area contributed by atoms with Crippen molar-refractivity contribution in [2.75, 3.05) is 12.5 Å². The highest BCUT2D eigenvalue weighted by molar-refractivity contribution is 5.99. The number of H-pyrrole nitrogens is 1. The molecular formula is C18H20N6O3. The van der Waals surface area contributed by atoms with E-state index in [1.54, 1.807) is 24.8 Å². The summed E-state index contributed by atoms with van der Waals surface area (Å²) in [6.45, 7) is 5.88. The molecule has 0 unspecified atom stereocenters. The van der Waals surface area contributed by atoms with Gasteiger partial charge in [-0.2, -0.15) is 10.1 Å². The molecule has 2 heterocycles. The molecule has 0 aliphatic heterocycles. The number of anilines is 1. The Morgan fingerprint density at radius 2 is 2.07 bits per heavy atom. The van der Waals surface area contributed by atoms with Gasteiger partial charge in [0.2, 0.25) is 5.95 Å². The number of nitrogens with one attached hydrogen (secondary N) is 2. The largest absolute Gasteiger partial charge is 0.497 e. The molecule has 0 aliphatic rings. The number of benzene rings is 1. The molecule has 0 radical (unpaired) electrons. The zero-order chi connectivity index (χ0) is 19.6. The highest BCUT2D eigenvalue weighted by atomic mass is 16.5. The number of nitrogens with zero attached hydrogens (tertiary/aromatic N) is 4. The number of allylic oxidation sites excluding steroid dienone is 1. The highest BCUT2D eigenvalue weighted by Gasteiger charge is 2.16. The molecule has 3 aromatic rings. The maximum atomic E-state index is 12.2. The van der Waals surface area contributed by atoms with Crippen molar-refractivity contribution in [3.8, 4) is 5.75 Å². The van der Waals surface area contributed by atoms with Crippen LogP contribution in [0, 0.1) is 0 Å². The van der Waals surface area contributed by atoms with Crippen molar-refractivity contribution in [1.29, 1.82) is 0 Å². The minimum atomic E-state index is -0.528. The second kappa shape index (κ2) is 7.32. The SMILES string of the molecule is C=CCn1c(NN=C(C)c2ccc(OC)cc2)nc2c1c(=O)[nH]c(=O)n2C. The molecular weight excluding hydrogens is 348 g/mol. The first-order chi connectivity index (χ1) is 13.0. The molecule has 9 heteroatoms. The van der Waals surface area contributed by atoms with Crippen molar-refractivity contribution in [2.24, 2.45) is 12.1 Å². The fourth-order valence-electron chi connectivity index (χ4n) is 2.66. The van der Waals surface area contributed by atoms with Crippen LogP contribution in [0.1, 0.15) is 12.5 Å². The Kier molecular flexibility index (Phi) is 4.93. The van der Waals surface area contributed by atoms with E-state index >= 15 is 0 Å². The fraction of sp³-hybridized carbons (Fsp3) is 0.222. The van der Waals surface area contributed by atoms with E-state index in [1.807, 2.05) is 31.2 Å². The van der Waals surface area contributed by atoms with E-state index < -0.39 is 11.2 Å². The molecule has 0 bridgehead atoms. The monoisotopic (exact) mass is 368 g/mol. The van der Waals surface area contributed by atoms with Crippen LogP contribution in [-0.4, -0.2) is 31.9 Å². The molecule has 0 fully saturated rings. The van der Waals surface area contributed by atoms with Crippen LogP contribution in [-0.2, 0) is 13.6 Å². The van der Waals surface area contributed by atoms with Crippen LogP contribution in [0.4, 0.5) is 5.95 Å². The molecule has 0 spiro atoms. The first kappa shape index (κ1) is 18.2. The minimum absolute atomic E-state index is 0.269. The third-order valence-electron chi connectivity index (χ3n) is 4.15. The van der Waals surface area contributed by atoms with Gasteiger partial charge in [0.15, 0.2) is 11.2 Å². The van der Waals surface area contributed by atoms with Gasteiger partial charge in [0.1, 0.15) is 5.75 Å². The first-order valence-corrected chi connectivity index (χ1v) is 8.21. The minimum Gasteiger partial charge on any atom is -0.497 e. The van der Waals surface area contributed by atoms with E-state index in [0.717, 1.165) is 17.0 Å². The van der Waals surface area contributed by atoms with E-state index in [-0.39, 0.29) is 11.2 Å². The number of aryl methyl sites for hydroxylation is 1. The zero-order valence-corrected chi connectivity index (χ0v) is 15.3. The number of hydrogen-bond acceptors (Lipinski definition) is 6. The topological polar surface area (TPSA) is 106 Å². The predicted molar refractivity (Wildman–Crippen MR) is 105 cm³/mol. The number of aromatic amines is 1. The number of methoxy groups -OCH3 is 1. The summed E-state index contributed by atoms with van der Waals surface area (Å²) in [4.78, 5) is 30.7. The summed E-state index contributed by atoms with van der Waals surface area (Å²) in [6, 6.07) is 7.47. The van der Waals surface area contributed by atoms with Crippen LogP contribution < -0.4 is 21.4 Å². The van der Waals surface area contributed by atoms with Gasteiger partial charge in [-0.3, -0.25) is 18.9 Å². The Balaban J connectivity index is 2.03. The lowest BCUT2D eigenvalue weighted by atomic mass is 10.1. The number of hydrogen-bond donors (Lipinski definition) is 2. The molecule has 3 rings (SSSR count). The van der Waals surface area contributed by atoms with Crippen molar-refractivity contribution in [2.45, 2.75) is 13.5 Å². The smallest absolute Gasteiger partial charge is 0.329 e. The van der Waals surface area contributed by atoms with Crippen LogP contribution in [0.5, 0.6) is 5.75 Å². The maximum absolute atomic E-state index is 12.2. The molecule has 0 saturated heterocycles.